The summed E-state index contributed by atoms with van der Waals surface area (Å²) in [5.74, 6) is 0.265. The number of nitrogens with one attached hydrogen (secondary N) is 2. The highest BCUT2D eigenvalue weighted by molar-refractivity contribution is 5.92. The van der Waals surface area contributed by atoms with Gasteiger partial charge in [0.25, 0.3) is 0 Å². The largest absolute Gasteiger partial charge is 0.351 e. The standard InChI is InChI=1S/C54H62N6O2/c1-41(2)51-31-55-53(61)27-25-48-30-50(58(38-48)34-44-19-11-6-12-20-44)40-60(36-46-23-15-8-16-24-46)52(42(3)4)32-56-54(62)28-26-47-29-49(39-59(51)35-45-21-13-7-14-22-45)57(37-47)33-43-17-9-5-10-18-43/h5-30,37-38,41-42,51-52H,31-36,39-40H2,1-4H3,(H,55,61)(H,56,62)/b27-25+,28-26+/t51-,52-/m1/s1. The topological polar surface area (TPSA) is 74.5 Å². The average Bonchev–Trinajstić information content (AvgIpc) is 3.84. The normalized spacial score (nSPS) is 18.4. The molecule has 6 aromatic rings. The molecule has 2 atom stereocenters. The van der Waals surface area contributed by atoms with Gasteiger partial charge in [-0.05, 0) is 69.5 Å². The summed E-state index contributed by atoms with van der Waals surface area (Å²) in [4.78, 5) is 32.4. The molecule has 2 aromatic heterocycles. The van der Waals surface area contributed by atoms with Gasteiger partial charge in [0, 0.05) is 100 Å². The summed E-state index contributed by atoms with van der Waals surface area (Å²) in [6.07, 6.45) is 11.5. The summed E-state index contributed by atoms with van der Waals surface area (Å²) >= 11 is 0. The maximum Gasteiger partial charge on any atom is 0.244 e. The van der Waals surface area contributed by atoms with E-state index in [0.717, 1.165) is 35.6 Å². The van der Waals surface area contributed by atoms with E-state index >= 15 is 0 Å². The van der Waals surface area contributed by atoms with Crippen molar-refractivity contribution in [1.82, 2.24) is 29.6 Å². The van der Waals surface area contributed by atoms with E-state index in [9.17, 15) is 9.59 Å². The van der Waals surface area contributed by atoms with Crippen LogP contribution in [0, 0.1) is 11.8 Å². The molecule has 2 amide bonds. The van der Waals surface area contributed by atoms with Crippen LogP contribution in [0.4, 0.5) is 0 Å². The van der Waals surface area contributed by atoms with E-state index in [1.165, 1.54) is 22.3 Å². The Bertz CT molecular complexity index is 2210. The number of rotatable bonds is 10. The van der Waals surface area contributed by atoms with Crippen LogP contribution < -0.4 is 10.6 Å². The average molecular weight is 827 g/mol. The first-order chi connectivity index (χ1) is 30.2. The van der Waals surface area contributed by atoms with Crippen molar-refractivity contribution >= 4 is 24.0 Å². The van der Waals surface area contributed by atoms with Crippen molar-refractivity contribution in [3.8, 4) is 0 Å². The van der Waals surface area contributed by atoms with Crippen LogP contribution in [0.25, 0.3) is 12.2 Å². The van der Waals surface area contributed by atoms with Gasteiger partial charge < -0.3 is 19.8 Å². The zero-order valence-electron chi connectivity index (χ0n) is 36.7. The van der Waals surface area contributed by atoms with E-state index in [1.807, 2.05) is 36.4 Å². The number of carbonyl (C=O) groups is 2. The molecule has 3 heterocycles. The highest BCUT2D eigenvalue weighted by Gasteiger charge is 2.26. The summed E-state index contributed by atoms with van der Waals surface area (Å²) in [5.41, 5.74) is 9.02. The molecular formula is C54H62N6O2. The van der Waals surface area contributed by atoms with E-state index in [4.69, 9.17) is 0 Å². The lowest BCUT2D eigenvalue weighted by Gasteiger charge is -2.35. The molecule has 320 valence electrons. The Morgan fingerprint density at radius 2 is 0.790 bits per heavy atom. The smallest absolute Gasteiger partial charge is 0.244 e. The van der Waals surface area contributed by atoms with Gasteiger partial charge in [-0.2, -0.15) is 0 Å². The first-order valence-electron chi connectivity index (χ1n) is 22.1. The van der Waals surface area contributed by atoms with Crippen molar-refractivity contribution in [3.05, 3.63) is 203 Å². The predicted octanol–water partition coefficient (Wildman–Crippen LogP) is 9.41. The summed E-state index contributed by atoms with van der Waals surface area (Å²) in [6, 6.07) is 46.5. The fourth-order valence-electron chi connectivity index (χ4n) is 8.54. The van der Waals surface area contributed by atoms with Crippen LogP contribution in [0.2, 0.25) is 0 Å². The number of aromatic nitrogens is 2. The second-order valence-electron chi connectivity index (χ2n) is 17.3. The van der Waals surface area contributed by atoms with Gasteiger partial charge in [0.1, 0.15) is 0 Å². The lowest BCUT2D eigenvalue weighted by atomic mass is 10.0. The van der Waals surface area contributed by atoms with Gasteiger partial charge in [-0.25, -0.2) is 0 Å². The number of hydrogen-bond donors (Lipinski definition) is 2. The number of fused-ring (bicyclic) bond motifs is 4. The summed E-state index contributed by atoms with van der Waals surface area (Å²) in [7, 11) is 0. The van der Waals surface area contributed by atoms with Crippen LogP contribution in [-0.4, -0.2) is 55.9 Å². The SMILES string of the molecule is CC(C)[C@H]1CNC(=O)/C=C/c2cc(n(Cc3ccccc3)c2)CN(Cc2ccccc2)[C@@H](C(C)C)CNC(=O)/C=C/c2cc(n(Cc3ccccc3)c2)CN1Cc1ccccc1. The molecule has 0 spiro atoms. The molecule has 4 bridgehead atoms. The van der Waals surface area contributed by atoms with Gasteiger partial charge in [0.05, 0.1) is 0 Å². The molecule has 8 heteroatoms. The van der Waals surface area contributed by atoms with Crippen molar-refractivity contribution in [3.63, 3.8) is 0 Å². The van der Waals surface area contributed by atoms with E-state index in [1.54, 1.807) is 12.2 Å². The number of nitrogens with zero attached hydrogens (tertiary/aromatic N) is 4. The maximum atomic E-state index is 13.7. The van der Waals surface area contributed by atoms with Crippen LogP contribution in [0.1, 0.15) is 72.5 Å². The minimum absolute atomic E-state index is 0.0401. The molecule has 7 rings (SSSR count). The lowest BCUT2D eigenvalue weighted by molar-refractivity contribution is -0.117. The van der Waals surface area contributed by atoms with Crippen LogP contribution in [0.5, 0.6) is 0 Å². The van der Waals surface area contributed by atoms with Gasteiger partial charge in [0.2, 0.25) is 11.8 Å². The third kappa shape index (κ3) is 12.4. The molecule has 0 saturated heterocycles. The zero-order valence-corrected chi connectivity index (χ0v) is 36.7. The minimum atomic E-state index is -0.115. The van der Waals surface area contributed by atoms with Gasteiger partial charge in [0.15, 0.2) is 0 Å². The van der Waals surface area contributed by atoms with Crippen molar-refractivity contribution in [2.45, 2.75) is 79.0 Å². The predicted molar refractivity (Wildman–Crippen MR) is 253 cm³/mol. The molecule has 0 fully saturated rings. The highest BCUT2D eigenvalue weighted by atomic mass is 16.2. The van der Waals surface area contributed by atoms with Crippen LogP contribution >= 0.6 is 0 Å². The number of benzene rings is 4. The Balaban J connectivity index is 1.26. The van der Waals surface area contributed by atoms with Gasteiger partial charge in [-0.3, -0.25) is 19.4 Å². The van der Waals surface area contributed by atoms with Crippen molar-refractivity contribution in [1.29, 1.82) is 0 Å². The molecule has 2 N–H and O–H groups in total. The second-order valence-corrected chi connectivity index (χ2v) is 17.3. The summed E-state index contributed by atoms with van der Waals surface area (Å²) < 4.78 is 4.60. The molecule has 1 aliphatic rings. The number of carbonyl (C=O) groups excluding carboxylic acids is 2. The maximum absolute atomic E-state index is 13.7. The first kappa shape index (κ1) is 43.9. The van der Waals surface area contributed by atoms with Crippen molar-refractivity contribution < 1.29 is 9.59 Å². The van der Waals surface area contributed by atoms with E-state index < -0.39 is 0 Å². The van der Waals surface area contributed by atoms with Crippen LogP contribution in [0.15, 0.2) is 158 Å². The van der Waals surface area contributed by atoms with Gasteiger partial charge in [-0.1, -0.05) is 149 Å². The minimum Gasteiger partial charge on any atom is -0.351 e. The molecule has 8 nitrogen and oxygen atoms in total. The van der Waals surface area contributed by atoms with Crippen LogP contribution in [0.3, 0.4) is 0 Å². The number of hydrogen-bond acceptors (Lipinski definition) is 4. The zero-order chi connectivity index (χ0) is 43.3. The Morgan fingerprint density at radius 1 is 0.468 bits per heavy atom. The Hall–Kier alpha value is -6.22. The third-order valence-corrected chi connectivity index (χ3v) is 11.9. The summed E-state index contributed by atoms with van der Waals surface area (Å²) in [5, 5.41) is 6.58. The highest BCUT2D eigenvalue weighted by Crippen LogP contribution is 2.24. The second kappa shape index (κ2) is 21.5. The molecule has 1 aliphatic heterocycles. The van der Waals surface area contributed by atoms with Crippen molar-refractivity contribution in [2.24, 2.45) is 11.8 Å². The van der Waals surface area contributed by atoms with Crippen molar-refractivity contribution in [2.75, 3.05) is 13.1 Å². The first-order valence-corrected chi connectivity index (χ1v) is 22.1. The van der Waals surface area contributed by atoms with E-state index in [2.05, 4.69) is 179 Å². The molecular weight excluding hydrogens is 765 g/mol. The molecule has 0 aliphatic carbocycles. The third-order valence-electron chi connectivity index (χ3n) is 11.9. The Labute approximate surface area is 368 Å². The molecule has 0 radical (unpaired) electrons. The number of amides is 2. The van der Waals surface area contributed by atoms with Gasteiger partial charge >= 0.3 is 0 Å². The molecule has 62 heavy (non-hydrogen) atoms. The Kier molecular flexibility index (Phi) is 15.2. The fourth-order valence-corrected chi connectivity index (χ4v) is 8.54. The Morgan fingerprint density at radius 3 is 1.11 bits per heavy atom. The molecule has 0 saturated carbocycles. The van der Waals surface area contributed by atoms with Crippen LogP contribution in [-0.2, 0) is 48.9 Å². The molecule has 0 unspecified atom stereocenters. The molecule has 4 aromatic carbocycles. The lowest BCUT2D eigenvalue weighted by Crippen LogP contribution is -2.46. The van der Waals surface area contributed by atoms with E-state index in [0.29, 0.717) is 39.3 Å². The fraction of sp³-hybridized carbons (Fsp3) is 0.296. The van der Waals surface area contributed by atoms with E-state index in [-0.39, 0.29) is 35.7 Å². The quantitative estimate of drug-likeness (QED) is 0.145. The monoisotopic (exact) mass is 826 g/mol. The summed E-state index contributed by atoms with van der Waals surface area (Å²) in [6.45, 7) is 14.0. The van der Waals surface area contributed by atoms with Gasteiger partial charge in [-0.15, -0.1) is 0 Å².